The van der Waals surface area contributed by atoms with Gasteiger partial charge in [0.25, 0.3) is 11.6 Å². The summed E-state index contributed by atoms with van der Waals surface area (Å²) in [6.45, 7) is 5.58. The van der Waals surface area contributed by atoms with Crippen molar-refractivity contribution in [2.45, 2.75) is 27.3 Å². The lowest BCUT2D eigenvalue weighted by Crippen LogP contribution is -2.29. The fraction of sp³-hybridized carbons (Fsp3) is 0.208. The molecule has 9 heteroatoms. The van der Waals surface area contributed by atoms with Crippen LogP contribution in [0.3, 0.4) is 0 Å². The van der Waals surface area contributed by atoms with E-state index in [4.69, 9.17) is 0 Å². The van der Waals surface area contributed by atoms with Gasteiger partial charge >= 0.3 is 0 Å². The smallest absolute Gasteiger partial charge is 0.274 e. The first-order chi connectivity index (χ1) is 15.5. The summed E-state index contributed by atoms with van der Waals surface area (Å²) in [5, 5.41) is 13.8. The average Bonchev–Trinajstić information content (AvgIpc) is 2.75. The van der Waals surface area contributed by atoms with E-state index in [1.54, 1.807) is 43.3 Å². The van der Waals surface area contributed by atoms with E-state index in [-0.39, 0.29) is 12.2 Å². The predicted molar refractivity (Wildman–Crippen MR) is 129 cm³/mol. The first-order valence-corrected chi connectivity index (χ1v) is 12.0. The molecule has 0 atom stereocenters. The number of carbonyl (C=O) groups excluding carboxylic acids is 1. The number of carbonyl (C=O) groups is 1. The van der Waals surface area contributed by atoms with Crippen LogP contribution in [0.1, 0.15) is 32.6 Å². The molecular weight excluding hydrogens is 442 g/mol. The lowest BCUT2D eigenvalue weighted by atomic mass is 10.1. The third-order valence-corrected chi connectivity index (χ3v) is 6.61. The quantitative estimate of drug-likeness (QED) is 0.399. The van der Waals surface area contributed by atoms with Gasteiger partial charge in [-0.2, -0.15) is 0 Å². The number of hydrogen-bond acceptors (Lipinski definition) is 5. The summed E-state index contributed by atoms with van der Waals surface area (Å²) in [4.78, 5) is 23.3. The van der Waals surface area contributed by atoms with Crippen LogP contribution in [-0.2, 0) is 16.6 Å². The molecule has 0 aromatic heterocycles. The minimum atomic E-state index is -3.53. The number of rotatable bonds is 7. The van der Waals surface area contributed by atoms with Crippen LogP contribution in [-0.4, -0.2) is 25.5 Å². The molecule has 0 aliphatic carbocycles. The molecular formula is C24H25N3O5S. The Kier molecular flexibility index (Phi) is 6.83. The normalized spacial score (nSPS) is 11.2. The SMILES string of the molecule is Cc1ccc(N(Cc2ccc(C(=O)Nc3cccc([N+](=O)[O-])c3C)cc2)S(C)(=O)=O)cc1C. The Balaban J connectivity index is 1.80. The lowest BCUT2D eigenvalue weighted by molar-refractivity contribution is -0.385. The fourth-order valence-corrected chi connectivity index (χ4v) is 4.24. The average molecular weight is 468 g/mol. The van der Waals surface area contributed by atoms with E-state index < -0.39 is 20.9 Å². The molecule has 0 aliphatic heterocycles. The molecule has 0 saturated heterocycles. The number of amides is 1. The summed E-state index contributed by atoms with van der Waals surface area (Å²) in [5.41, 5.74) is 4.34. The van der Waals surface area contributed by atoms with Gasteiger partial charge in [-0.05, 0) is 67.8 Å². The number of anilines is 2. The first-order valence-electron chi connectivity index (χ1n) is 10.2. The Morgan fingerprint density at radius 1 is 1.00 bits per heavy atom. The highest BCUT2D eigenvalue weighted by Gasteiger charge is 2.19. The molecule has 3 aromatic carbocycles. The van der Waals surface area contributed by atoms with Crippen LogP contribution in [0.25, 0.3) is 0 Å². The molecule has 3 rings (SSSR count). The van der Waals surface area contributed by atoms with Crippen LogP contribution in [0.15, 0.2) is 60.7 Å². The van der Waals surface area contributed by atoms with Crippen molar-refractivity contribution in [3.05, 3.63) is 98.6 Å². The van der Waals surface area contributed by atoms with Gasteiger partial charge < -0.3 is 5.32 Å². The van der Waals surface area contributed by atoms with Gasteiger partial charge in [-0.15, -0.1) is 0 Å². The minimum absolute atomic E-state index is 0.0737. The van der Waals surface area contributed by atoms with Crippen molar-refractivity contribution in [2.75, 3.05) is 15.9 Å². The van der Waals surface area contributed by atoms with Crippen LogP contribution in [0.5, 0.6) is 0 Å². The highest BCUT2D eigenvalue weighted by atomic mass is 32.2. The second-order valence-electron chi connectivity index (χ2n) is 7.90. The summed E-state index contributed by atoms with van der Waals surface area (Å²) in [6.07, 6.45) is 1.16. The number of hydrogen-bond donors (Lipinski definition) is 1. The number of nitrogens with one attached hydrogen (secondary N) is 1. The number of nitro groups is 1. The highest BCUT2D eigenvalue weighted by molar-refractivity contribution is 7.92. The predicted octanol–water partition coefficient (Wildman–Crippen LogP) is 4.74. The zero-order valence-electron chi connectivity index (χ0n) is 18.8. The van der Waals surface area contributed by atoms with E-state index in [9.17, 15) is 23.3 Å². The van der Waals surface area contributed by atoms with E-state index in [2.05, 4.69) is 5.32 Å². The van der Waals surface area contributed by atoms with Crippen LogP contribution in [0.2, 0.25) is 0 Å². The minimum Gasteiger partial charge on any atom is -0.321 e. The molecule has 33 heavy (non-hydrogen) atoms. The molecule has 0 spiro atoms. The second-order valence-corrected chi connectivity index (χ2v) is 9.80. The molecule has 0 radical (unpaired) electrons. The summed E-state index contributed by atoms with van der Waals surface area (Å²) < 4.78 is 26.2. The van der Waals surface area contributed by atoms with Gasteiger partial charge in [-0.1, -0.05) is 24.3 Å². The Hall–Kier alpha value is -3.72. The van der Waals surface area contributed by atoms with Crippen molar-refractivity contribution < 1.29 is 18.1 Å². The molecule has 1 N–H and O–H groups in total. The van der Waals surface area contributed by atoms with Gasteiger partial charge in [0.15, 0.2) is 0 Å². The standard InChI is InChI=1S/C24H25N3O5S/c1-16-8-13-21(14-17(16)2)26(33(4,31)32)15-19-9-11-20(12-10-19)24(28)25-22-6-5-7-23(18(22)3)27(29)30/h5-14H,15H2,1-4H3,(H,25,28). The van der Waals surface area contributed by atoms with E-state index in [0.717, 1.165) is 17.4 Å². The molecule has 0 aliphatic rings. The van der Waals surface area contributed by atoms with Crippen LogP contribution < -0.4 is 9.62 Å². The Labute approximate surface area is 193 Å². The number of benzene rings is 3. The summed E-state index contributed by atoms with van der Waals surface area (Å²) >= 11 is 0. The highest BCUT2D eigenvalue weighted by Crippen LogP contribution is 2.26. The van der Waals surface area contributed by atoms with E-state index in [1.165, 1.54) is 16.4 Å². The van der Waals surface area contributed by atoms with Crippen LogP contribution >= 0.6 is 0 Å². The van der Waals surface area contributed by atoms with E-state index >= 15 is 0 Å². The first kappa shape index (κ1) is 23.9. The fourth-order valence-electron chi connectivity index (χ4n) is 3.36. The summed E-state index contributed by atoms with van der Waals surface area (Å²) in [6, 6.07) is 16.5. The van der Waals surface area contributed by atoms with Gasteiger partial charge in [0.1, 0.15) is 0 Å². The maximum Gasteiger partial charge on any atom is 0.274 e. The van der Waals surface area contributed by atoms with Crippen molar-refractivity contribution in [1.29, 1.82) is 0 Å². The topological polar surface area (TPSA) is 110 Å². The Bertz CT molecular complexity index is 1320. The number of sulfonamides is 1. The van der Waals surface area contributed by atoms with Crippen molar-refractivity contribution in [1.82, 2.24) is 0 Å². The molecule has 172 valence electrons. The third kappa shape index (κ3) is 5.56. The van der Waals surface area contributed by atoms with E-state index in [0.29, 0.717) is 28.1 Å². The maximum absolute atomic E-state index is 12.6. The molecule has 8 nitrogen and oxygen atoms in total. The molecule has 1 amide bonds. The van der Waals surface area contributed by atoms with Gasteiger partial charge in [0.2, 0.25) is 10.0 Å². The Morgan fingerprint density at radius 3 is 2.24 bits per heavy atom. The van der Waals surface area contributed by atoms with Crippen LogP contribution in [0, 0.1) is 30.9 Å². The zero-order chi connectivity index (χ0) is 24.3. The van der Waals surface area contributed by atoms with Crippen molar-refractivity contribution in [3.8, 4) is 0 Å². The van der Waals surface area contributed by atoms with E-state index in [1.807, 2.05) is 26.0 Å². The maximum atomic E-state index is 12.6. The Morgan fingerprint density at radius 2 is 1.67 bits per heavy atom. The van der Waals surface area contributed by atoms with Crippen LogP contribution in [0.4, 0.5) is 17.1 Å². The molecule has 0 bridgehead atoms. The lowest BCUT2D eigenvalue weighted by Gasteiger charge is -2.23. The second kappa shape index (κ2) is 9.41. The molecule has 0 heterocycles. The van der Waals surface area contributed by atoms with Crippen molar-refractivity contribution in [3.63, 3.8) is 0 Å². The monoisotopic (exact) mass is 467 g/mol. The molecule has 3 aromatic rings. The number of nitrogens with zero attached hydrogens (tertiary/aromatic N) is 2. The third-order valence-electron chi connectivity index (χ3n) is 5.47. The van der Waals surface area contributed by atoms with Crippen molar-refractivity contribution >= 4 is 33.0 Å². The number of aryl methyl sites for hydroxylation is 2. The van der Waals surface area contributed by atoms with Gasteiger partial charge in [-0.3, -0.25) is 19.2 Å². The summed E-state index contributed by atoms with van der Waals surface area (Å²) in [7, 11) is -3.53. The number of nitro benzene ring substituents is 1. The van der Waals surface area contributed by atoms with Gasteiger partial charge in [0, 0.05) is 11.6 Å². The molecule has 0 unspecified atom stereocenters. The zero-order valence-corrected chi connectivity index (χ0v) is 19.6. The van der Waals surface area contributed by atoms with Gasteiger partial charge in [-0.25, -0.2) is 8.42 Å². The van der Waals surface area contributed by atoms with Crippen molar-refractivity contribution in [2.24, 2.45) is 0 Å². The van der Waals surface area contributed by atoms with Gasteiger partial charge in [0.05, 0.1) is 34.7 Å². The molecule has 0 fully saturated rings. The summed E-state index contributed by atoms with van der Waals surface area (Å²) in [5.74, 6) is -0.417. The molecule has 0 saturated carbocycles. The largest absolute Gasteiger partial charge is 0.321 e.